The Morgan fingerprint density at radius 1 is 1.83 bits per heavy atom. The van der Waals surface area contributed by atoms with Crippen LogP contribution in [-0.4, -0.2) is 24.6 Å². The SMILES string of the molecule is C=CC(=O)OC1C(=O)OCC1C. The molecule has 2 atom stereocenters. The molecule has 0 spiro atoms. The maximum Gasteiger partial charge on any atom is 0.347 e. The molecule has 1 saturated heterocycles. The lowest BCUT2D eigenvalue weighted by Gasteiger charge is -2.09. The van der Waals surface area contributed by atoms with E-state index in [9.17, 15) is 9.59 Å². The van der Waals surface area contributed by atoms with Crippen LogP contribution in [0.25, 0.3) is 0 Å². The first-order chi connectivity index (χ1) is 5.65. The fourth-order valence-electron chi connectivity index (χ4n) is 0.953. The van der Waals surface area contributed by atoms with Gasteiger partial charge in [0.1, 0.15) is 0 Å². The predicted molar refractivity (Wildman–Crippen MR) is 40.2 cm³/mol. The summed E-state index contributed by atoms with van der Waals surface area (Å²) in [5.74, 6) is -1.13. The Balaban J connectivity index is 2.55. The Morgan fingerprint density at radius 2 is 2.50 bits per heavy atom. The molecular formula is C8H10O4. The van der Waals surface area contributed by atoms with Gasteiger partial charge in [0.25, 0.3) is 0 Å². The first-order valence-electron chi connectivity index (χ1n) is 3.65. The number of ether oxygens (including phenoxy) is 2. The van der Waals surface area contributed by atoms with Gasteiger partial charge < -0.3 is 9.47 Å². The van der Waals surface area contributed by atoms with Gasteiger partial charge in [-0.05, 0) is 0 Å². The molecule has 0 bridgehead atoms. The predicted octanol–water partition coefficient (Wildman–Crippen LogP) is 0.277. The average Bonchev–Trinajstić information content (AvgIpc) is 2.35. The lowest BCUT2D eigenvalue weighted by atomic mass is 10.1. The van der Waals surface area contributed by atoms with E-state index in [1.54, 1.807) is 6.92 Å². The van der Waals surface area contributed by atoms with Crippen LogP contribution in [0, 0.1) is 5.92 Å². The van der Waals surface area contributed by atoms with Crippen LogP contribution in [0.4, 0.5) is 0 Å². The molecule has 4 heteroatoms. The number of rotatable bonds is 2. The molecule has 0 aliphatic carbocycles. The number of carbonyl (C=O) groups excluding carboxylic acids is 2. The van der Waals surface area contributed by atoms with Crippen molar-refractivity contribution in [2.45, 2.75) is 13.0 Å². The van der Waals surface area contributed by atoms with Crippen LogP contribution >= 0.6 is 0 Å². The van der Waals surface area contributed by atoms with E-state index < -0.39 is 18.0 Å². The lowest BCUT2D eigenvalue weighted by molar-refractivity contribution is -0.157. The zero-order valence-corrected chi connectivity index (χ0v) is 6.78. The average molecular weight is 170 g/mol. The van der Waals surface area contributed by atoms with Crippen LogP contribution in [0.3, 0.4) is 0 Å². The number of hydrogen-bond acceptors (Lipinski definition) is 4. The summed E-state index contributed by atoms with van der Waals surface area (Å²) in [4.78, 5) is 21.6. The highest BCUT2D eigenvalue weighted by molar-refractivity contribution is 5.85. The summed E-state index contributed by atoms with van der Waals surface area (Å²) in [5.41, 5.74) is 0. The largest absolute Gasteiger partial charge is 0.462 e. The van der Waals surface area contributed by atoms with Crippen LogP contribution in [0.2, 0.25) is 0 Å². The normalized spacial score (nSPS) is 27.9. The molecule has 4 nitrogen and oxygen atoms in total. The zero-order valence-electron chi connectivity index (χ0n) is 6.78. The molecule has 0 radical (unpaired) electrons. The van der Waals surface area contributed by atoms with Crippen molar-refractivity contribution >= 4 is 11.9 Å². The fourth-order valence-corrected chi connectivity index (χ4v) is 0.953. The van der Waals surface area contributed by atoms with Crippen molar-refractivity contribution in [2.75, 3.05) is 6.61 Å². The van der Waals surface area contributed by atoms with E-state index in [1.807, 2.05) is 0 Å². The quantitative estimate of drug-likeness (QED) is 0.441. The van der Waals surface area contributed by atoms with Crippen LogP contribution in [0.15, 0.2) is 12.7 Å². The number of hydrogen-bond donors (Lipinski definition) is 0. The van der Waals surface area contributed by atoms with Crippen molar-refractivity contribution in [3.8, 4) is 0 Å². The molecular weight excluding hydrogens is 160 g/mol. The summed E-state index contributed by atoms with van der Waals surface area (Å²) >= 11 is 0. The molecule has 0 aromatic rings. The molecule has 1 rings (SSSR count). The Bertz CT molecular complexity index is 221. The van der Waals surface area contributed by atoms with Crippen molar-refractivity contribution in [2.24, 2.45) is 5.92 Å². The third kappa shape index (κ3) is 1.64. The Morgan fingerprint density at radius 3 is 2.92 bits per heavy atom. The molecule has 0 aromatic carbocycles. The van der Waals surface area contributed by atoms with Crippen LogP contribution in [0.5, 0.6) is 0 Å². The van der Waals surface area contributed by atoms with Crippen molar-refractivity contribution < 1.29 is 19.1 Å². The van der Waals surface area contributed by atoms with Gasteiger partial charge in [-0.1, -0.05) is 13.5 Å². The van der Waals surface area contributed by atoms with Crippen LogP contribution in [0.1, 0.15) is 6.92 Å². The summed E-state index contributed by atoms with van der Waals surface area (Å²) in [6, 6.07) is 0. The molecule has 1 aliphatic heterocycles. The van der Waals surface area contributed by atoms with Gasteiger partial charge in [0, 0.05) is 12.0 Å². The van der Waals surface area contributed by atoms with Gasteiger partial charge in [-0.25, -0.2) is 9.59 Å². The van der Waals surface area contributed by atoms with E-state index >= 15 is 0 Å². The first-order valence-corrected chi connectivity index (χ1v) is 3.65. The molecule has 0 N–H and O–H groups in total. The molecule has 0 amide bonds. The second-order valence-corrected chi connectivity index (χ2v) is 2.67. The van der Waals surface area contributed by atoms with Crippen LogP contribution in [-0.2, 0) is 19.1 Å². The molecule has 1 aliphatic rings. The van der Waals surface area contributed by atoms with E-state index in [-0.39, 0.29) is 5.92 Å². The molecule has 0 saturated carbocycles. The van der Waals surface area contributed by atoms with Crippen molar-refractivity contribution in [3.05, 3.63) is 12.7 Å². The Kier molecular flexibility index (Phi) is 2.47. The summed E-state index contributed by atoms with van der Waals surface area (Å²) in [6.45, 7) is 5.32. The second kappa shape index (κ2) is 3.38. The minimum absolute atomic E-state index is 0.0681. The lowest BCUT2D eigenvalue weighted by Crippen LogP contribution is -2.26. The fraction of sp³-hybridized carbons (Fsp3) is 0.500. The van der Waals surface area contributed by atoms with Gasteiger partial charge in [-0.2, -0.15) is 0 Å². The molecule has 0 aromatic heterocycles. The van der Waals surface area contributed by atoms with Crippen molar-refractivity contribution in [1.82, 2.24) is 0 Å². The molecule has 1 fully saturated rings. The molecule has 2 unspecified atom stereocenters. The maximum atomic E-state index is 10.9. The topological polar surface area (TPSA) is 52.6 Å². The molecule has 12 heavy (non-hydrogen) atoms. The molecule has 1 heterocycles. The Labute approximate surface area is 70.1 Å². The zero-order chi connectivity index (χ0) is 9.14. The van der Waals surface area contributed by atoms with Gasteiger partial charge in [0.2, 0.25) is 6.10 Å². The second-order valence-electron chi connectivity index (χ2n) is 2.67. The summed E-state index contributed by atoms with van der Waals surface area (Å²) in [7, 11) is 0. The van der Waals surface area contributed by atoms with Gasteiger partial charge >= 0.3 is 11.9 Å². The van der Waals surface area contributed by atoms with Gasteiger partial charge in [-0.3, -0.25) is 0 Å². The summed E-state index contributed by atoms with van der Waals surface area (Å²) in [5, 5.41) is 0. The Hall–Kier alpha value is -1.32. The van der Waals surface area contributed by atoms with Crippen molar-refractivity contribution in [1.29, 1.82) is 0 Å². The van der Waals surface area contributed by atoms with E-state index in [0.717, 1.165) is 6.08 Å². The number of cyclic esters (lactones) is 1. The van der Waals surface area contributed by atoms with Gasteiger partial charge in [-0.15, -0.1) is 0 Å². The standard InChI is InChI=1S/C8H10O4/c1-3-6(9)12-7-5(2)4-11-8(7)10/h3,5,7H,1,4H2,2H3. The minimum Gasteiger partial charge on any atom is -0.462 e. The van der Waals surface area contributed by atoms with Crippen molar-refractivity contribution in [3.63, 3.8) is 0 Å². The summed E-state index contributed by atoms with van der Waals surface area (Å²) in [6.07, 6.45) is 0.272. The van der Waals surface area contributed by atoms with E-state index in [2.05, 4.69) is 11.3 Å². The smallest absolute Gasteiger partial charge is 0.347 e. The third-order valence-electron chi connectivity index (χ3n) is 1.65. The van der Waals surface area contributed by atoms with E-state index in [1.165, 1.54) is 0 Å². The third-order valence-corrected chi connectivity index (χ3v) is 1.65. The highest BCUT2D eigenvalue weighted by Gasteiger charge is 2.36. The van der Waals surface area contributed by atoms with E-state index in [4.69, 9.17) is 4.74 Å². The minimum atomic E-state index is -0.754. The summed E-state index contributed by atoms with van der Waals surface area (Å²) < 4.78 is 9.43. The first kappa shape index (κ1) is 8.77. The highest BCUT2D eigenvalue weighted by Crippen LogP contribution is 2.17. The monoisotopic (exact) mass is 170 g/mol. The highest BCUT2D eigenvalue weighted by atomic mass is 16.6. The number of esters is 2. The van der Waals surface area contributed by atoms with Gasteiger partial charge in [0.05, 0.1) is 6.61 Å². The molecule has 66 valence electrons. The van der Waals surface area contributed by atoms with E-state index in [0.29, 0.717) is 6.61 Å². The van der Waals surface area contributed by atoms with Gasteiger partial charge in [0.15, 0.2) is 0 Å². The van der Waals surface area contributed by atoms with Crippen LogP contribution < -0.4 is 0 Å². The maximum absolute atomic E-state index is 10.9. The number of carbonyl (C=O) groups is 2.